The van der Waals surface area contributed by atoms with Crippen molar-refractivity contribution >= 4 is 52.1 Å². The molecular formula is C55H73MgN4O5+. The van der Waals surface area contributed by atoms with Crippen molar-refractivity contribution < 1.29 is 24.2 Å². The van der Waals surface area contributed by atoms with Gasteiger partial charge in [-0.25, -0.2) is 15.0 Å². The number of rotatable bonds is 20. The molecule has 0 aromatic carbocycles. The number of nitrogens with one attached hydrogen (secondary N) is 1. The molecule has 1 N–H and O–H groups in total. The van der Waals surface area contributed by atoms with Gasteiger partial charge in [0.1, 0.15) is 6.61 Å². The molecule has 5 atom stereocenters. The number of fused-ring (bicyclic) bond motifs is 5. The zero-order valence-electron chi connectivity index (χ0n) is 41.3. The number of esters is 2. The van der Waals surface area contributed by atoms with E-state index in [1.165, 1.54) is 57.6 Å². The molecule has 5 unspecified atom stereocenters. The van der Waals surface area contributed by atoms with Crippen molar-refractivity contribution in [3.8, 4) is 0 Å². The van der Waals surface area contributed by atoms with E-state index < -0.39 is 11.9 Å². The second kappa shape index (κ2) is 22.9. The van der Waals surface area contributed by atoms with Crippen molar-refractivity contribution in [2.45, 2.75) is 146 Å². The summed E-state index contributed by atoms with van der Waals surface area (Å²) in [4.78, 5) is 42.3. The largest absolute Gasteiger partial charge is 2.00 e. The average Bonchev–Trinajstić information content (AvgIpc) is 3.99. The second-order valence-electron chi connectivity index (χ2n) is 19.5. The Balaban J connectivity index is 0.00000793. The van der Waals surface area contributed by atoms with Gasteiger partial charge >= 0.3 is 35.0 Å². The van der Waals surface area contributed by atoms with Gasteiger partial charge < -0.3 is 19.9 Å². The molecule has 5 heterocycles. The third-order valence-electron chi connectivity index (χ3n) is 14.3. The summed E-state index contributed by atoms with van der Waals surface area (Å²) in [6.45, 7) is 26.1. The van der Waals surface area contributed by atoms with E-state index in [2.05, 4.69) is 67.3 Å². The van der Waals surface area contributed by atoms with E-state index in [1.807, 2.05) is 44.2 Å². The molecule has 1 aliphatic carbocycles. The molecule has 344 valence electrons. The van der Waals surface area contributed by atoms with E-state index in [0.29, 0.717) is 46.2 Å². The molecule has 65 heavy (non-hydrogen) atoms. The Hall–Kier alpha value is -4.28. The van der Waals surface area contributed by atoms with Crippen LogP contribution < -0.4 is 10.4 Å². The molecule has 6 rings (SSSR count). The third-order valence-corrected chi connectivity index (χ3v) is 14.3. The first-order valence-corrected chi connectivity index (χ1v) is 24.1. The number of carbonyl (C=O) groups is 2. The number of nitrogens with zero attached hydrogens (tertiary/aromatic N) is 3. The van der Waals surface area contributed by atoms with Crippen molar-refractivity contribution in [2.24, 2.45) is 50.5 Å². The maximum Gasteiger partial charge on any atom is 2.00 e. The van der Waals surface area contributed by atoms with Crippen molar-refractivity contribution in [2.75, 3.05) is 13.7 Å². The maximum atomic E-state index is 14.4. The fourth-order valence-corrected chi connectivity index (χ4v) is 10.2. The maximum absolute atomic E-state index is 14.4. The van der Waals surface area contributed by atoms with Crippen LogP contribution in [0.15, 0.2) is 131 Å². The molecule has 0 saturated carbocycles. The number of carbonyl (C=O) groups excluding carboxylic acids is 2. The van der Waals surface area contributed by atoms with E-state index in [0.717, 1.165) is 81.9 Å². The molecule has 0 amide bonds. The molecule has 10 heteroatoms. The van der Waals surface area contributed by atoms with Gasteiger partial charge in [0.25, 0.3) is 0 Å². The van der Waals surface area contributed by atoms with Gasteiger partial charge in [0.15, 0.2) is 0 Å². The van der Waals surface area contributed by atoms with E-state index >= 15 is 0 Å². The minimum absolute atomic E-state index is 0. The number of ether oxygens (including phenoxy) is 2. The van der Waals surface area contributed by atoms with Crippen LogP contribution in [0.4, 0.5) is 0 Å². The average molecular weight is 895 g/mol. The first kappa shape index (κ1) is 51.7. The summed E-state index contributed by atoms with van der Waals surface area (Å²) in [5, 5.41) is 18.0. The predicted molar refractivity (Wildman–Crippen MR) is 265 cm³/mol. The Morgan fingerprint density at radius 2 is 1.52 bits per heavy atom. The minimum Gasteiger partial charge on any atom is -0.874 e. The Morgan fingerprint density at radius 3 is 2.17 bits per heavy atom. The van der Waals surface area contributed by atoms with Gasteiger partial charge in [-0.15, -0.1) is 5.76 Å². The number of methoxy groups -OCH3 is 1. The predicted octanol–water partition coefficient (Wildman–Crippen LogP) is 11.4. The summed E-state index contributed by atoms with van der Waals surface area (Å²) >= 11 is 0. The van der Waals surface area contributed by atoms with Gasteiger partial charge in [-0.2, -0.15) is 0 Å². The molecule has 9 nitrogen and oxygen atoms in total. The third kappa shape index (κ3) is 11.6. The monoisotopic (exact) mass is 894 g/mol. The van der Waals surface area contributed by atoms with Crippen LogP contribution in [-0.2, 0) is 19.1 Å². The molecule has 0 radical (unpaired) electrons. The molecular weight excluding hydrogens is 821 g/mol. The van der Waals surface area contributed by atoms with Crippen molar-refractivity contribution in [1.82, 2.24) is 5.32 Å². The van der Waals surface area contributed by atoms with Crippen LogP contribution in [0.1, 0.15) is 146 Å². The Kier molecular flexibility index (Phi) is 18.3. The molecule has 0 aromatic heterocycles. The quantitative estimate of drug-likeness (QED) is 0.0737. The molecule has 5 aliphatic heterocycles. The second-order valence-corrected chi connectivity index (χ2v) is 19.5. The van der Waals surface area contributed by atoms with Crippen LogP contribution in [0.3, 0.4) is 0 Å². The SMILES string of the molecule is C=CC1=C(C)C2=NC1=CC1=NC(=CC3=C(C)C4=C([O-])C(C(=O)OC)C(=C5NC(=C2)C(C)C5CCC(=O)OC/C=C(\C)CCCC(C)CCCC(C)CCCC(C)C)C4=N3)C(CC)=C1C.[Mg+2]. The van der Waals surface area contributed by atoms with Gasteiger partial charge in [0.05, 0.1) is 47.3 Å². The van der Waals surface area contributed by atoms with Crippen LogP contribution in [0, 0.1) is 35.5 Å². The smallest absolute Gasteiger partial charge is 0.874 e. The fourth-order valence-electron chi connectivity index (χ4n) is 10.2. The van der Waals surface area contributed by atoms with E-state index in [1.54, 1.807) is 0 Å². The van der Waals surface area contributed by atoms with Crippen LogP contribution in [0.25, 0.3) is 0 Å². The molecule has 8 bridgehead atoms. The summed E-state index contributed by atoms with van der Waals surface area (Å²) in [6.07, 6.45) is 22.5. The molecule has 0 aromatic rings. The fraction of sp³-hybridized carbons (Fsp3) is 0.545. The molecule has 1 saturated heterocycles. The molecule has 6 aliphatic rings. The van der Waals surface area contributed by atoms with E-state index in [-0.39, 0.29) is 59.6 Å². The first-order chi connectivity index (χ1) is 30.6. The summed E-state index contributed by atoms with van der Waals surface area (Å²) in [7, 11) is 1.31. The summed E-state index contributed by atoms with van der Waals surface area (Å²) in [5.41, 5.74) is 12.8. The van der Waals surface area contributed by atoms with E-state index in [4.69, 9.17) is 24.5 Å². The van der Waals surface area contributed by atoms with Crippen LogP contribution in [0.5, 0.6) is 0 Å². The normalized spacial score (nSPS) is 22.4. The number of hydrogen-bond donors (Lipinski definition) is 1. The van der Waals surface area contributed by atoms with Crippen molar-refractivity contribution in [3.05, 3.63) is 116 Å². The van der Waals surface area contributed by atoms with E-state index in [9.17, 15) is 14.7 Å². The zero-order valence-corrected chi connectivity index (χ0v) is 42.8. The number of hydrogen-bond acceptors (Lipinski definition) is 9. The van der Waals surface area contributed by atoms with Crippen LogP contribution in [0.2, 0.25) is 0 Å². The molecule has 1 fully saturated rings. The van der Waals surface area contributed by atoms with Gasteiger partial charge in [0, 0.05) is 40.8 Å². The number of allylic oxidation sites excluding steroid dienone is 12. The first-order valence-electron chi connectivity index (χ1n) is 24.1. The standard InChI is InChI=1S/C55H74N4O5.Mg/c1-13-39-35(8)42-28-44-37(10)41(24-25-48(60)64-27-26-34(7)23-17-22-33(6)21-16-20-32(5)19-15-18-31(3)4)52(58-44)50-51(55(62)63-12)54(61)49-38(11)45(59-53(49)50)30-47-40(14-2)36(9)43(57-47)29-46(39)56-42;/h13,26,28-33,37,41,51,58,61H,1,14-25,27H2,2-12H3;/q;+2/p-1/b34-26+,44-28?,46-29?,47-30?,52-50?;. The Labute approximate surface area is 405 Å². The van der Waals surface area contributed by atoms with Gasteiger partial charge in [-0.1, -0.05) is 105 Å². The zero-order chi connectivity index (χ0) is 46.4. The van der Waals surface area contributed by atoms with Crippen molar-refractivity contribution in [1.29, 1.82) is 0 Å². The Bertz CT molecular complexity index is 2300. The summed E-state index contributed by atoms with van der Waals surface area (Å²) in [6, 6.07) is 0. The summed E-state index contributed by atoms with van der Waals surface area (Å²) < 4.78 is 11.1. The van der Waals surface area contributed by atoms with Crippen LogP contribution >= 0.6 is 0 Å². The van der Waals surface area contributed by atoms with Crippen molar-refractivity contribution in [3.63, 3.8) is 0 Å². The van der Waals surface area contributed by atoms with Gasteiger partial charge in [0.2, 0.25) is 0 Å². The minimum atomic E-state index is -1.19. The van der Waals surface area contributed by atoms with Gasteiger partial charge in [-0.3, -0.25) is 9.59 Å². The number of aliphatic imine (C=N–C) groups is 3. The molecule has 0 spiro atoms. The topological polar surface area (TPSA) is 125 Å². The van der Waals surface area contributed by atoms with Gasteiger partial charge in [-0.05, 0) is 123 Å². The summed E-state index contributed by atoms with van der Waals surface area (Å²) in [5.74, 6) is -0.510. The Morgan fingerprint density at radius 1 is 0.877 bits per heavy atom. The van der Waals surface area contributed by atoms with Crippen LogP contribution in [-0.4, -0.2) is 65.8 Å².